The maximum Gasteiger partial charge on any atom is 0.339 e. The molecule has 136 valence electrons. The van der Waals surface area contributed by atoms with Gasteiger partial charge in [0.1, 0.15) is 5.76 Å². The lowest BCUT2D eigenvalue weighted by atomic mass is 10.1. The number of esters is 1. The fourth-order valence-electron chi connectivity index (χ4n) is 2.45. The van der Waals surface area contributed by atoms with Crippen LogP contribution in [0.1, 0.15) is 20.9 Å². The van der Waals surface area contributed by atoms with Crippen LogP contribution in [-0.2, 0) is 4.74 Å². The van der Waals surface area contributed by atoms with E-state index in [2.05, 4.69) is 10.1 Å². The Labute approximate surface area is 153 Å². The zero-order valence-electron chi connectivity index (χ0n) is 14.2. The molecule has 1 heterocycles. The number of rotatable bonds is 5. The lowest BCUT2D eigenvalue weighted by Gasteiger charge is -2.08. The van der Waals surface area contributed by atoms with Crippen molar-refractivity contribution in [1.82, 2.24) is 0 Å². The van der Waals surface area contributed by atoms with Gasteiger partial charge in [-0.3, -0.25) is 14.9 Å². The number of carbonyl (C=O) groups excluding carboxylic acids is 2. The Bertz CT molecular complexity index is 1020. The number of amides is 1. The van der Waals surface area contributed by atoms with Crippen LogP contribution in [0.25, 0.3) is 11.3 Å². The molecule has 0 saturated carbocycles. The van der Waals surface area contributed by atoms with Crippen LogP contribution in [0, 0.1) is 10.1 Å². The number of hydrogen-bond acceptors (Lipinski definition) is 6. The Morgan fingerprint density at radius 3 is 2.59 bits per heavy atom. The van der Waals surface area contributed by atoms with Crippen molar-refractivity contribution in [3.8, 4) is 11.3 Å². The molecule has 1 amide bonds. The predicted octanol–water partition coefficient (Wildman–Crippen LogP) is 3.89. The zero-order valence-corrected chi connectivity index (χ0v) is 14.2. The summed E-state index contributed by atoms with van der Waals surface area (Å²) in [6.45, 7) is 0. The average molecular weight is 366 g/mol. The van der Waals surface area contributed by atoms with E-state index in [1.807, 2.05) is 0 Å². The smallest absolute Gasteiger partial charge is 0.339 e. The van der Waals surface area contributed by atoms with Crippen LogP contribution in [0.2, 0.25) is 0 Å². The molecule has 27 heavy (non-hydrogen) atoms. The van der Waals surface area contributed by atoms with E-state index in [0.29, 0.717) is 11.3 Å². The molecule has 8 heteroatoms. The van der Waals surface area contributed by atoms with Crippen LogP contribution in [0.5, 0.6) is 0 Å². The predicted molar refractivity (Wildman–Crippen MR) is 96.5 cm³/mol. The van der Waals surface area contributed by atoms with Crippen molar-refractivity contribution >= 4 is 23.3 Å². The third kappa shape index (κ3) is 3.84. The first-order chi connectivity index (χ1) is 13.0. The maximum absolute atomic E-state index is 12.4. The van der Waals surface area contributed by atoms with Gasteiger partial charge in [-0.05, 0) is 24.3 Å². The normalized spacial score (nSPS) is 10.3. The van der Waals surface area contributed by atoms with Crippen molar-refractivity contribution in [1.29, 1.82) is 0 Å². The van der Waals surface area contributed by atoms with E-state index in [1.165, 1.54) is 37.4 Å². The molecule has 0 aliphatic carbocycles. The van der Waals surface area contributed by atoms with E-state index in [9.17, 15) is 19.7 Å². The van der Waals surface area contributed by atoms with Crippen molar-refractivity contribution in [2.45, 2.75) is 0 Å². The van der Waals surface area contributed by atoms with Crippen LogP contribution < -0.4 is 5.32 Å². The van der Waals surface area contributed by atoms with Crippen LogP contribution in [0.3, 0.4) is 0 Å². The highest BCUT2D eigenvalue weighted by atomic mass is 16.6. The Morgan fingerprint density at radius 1 is 1.07 bits per heavy atom. The Morgan fingerprint density at radius 2 is 1.85 bits per heavy atom. The van der Waals surface area contributed by atoms with Gasteiger partial charge in [-0.25, -0.2) is 4.79 Å². The molecule has 0 saturated heterocycles. The molecule has 0 bridgehead atoms. The van der Waals surface area contributed by atoms with E-state index in [1.54, 1.807) is 30.3 Å². The number of ether oxygens (including phenoxy) is 1. The van der Waals surface area contributed by atoms with E-state index in [4.69, 9.17) is 4.42 Å². The summed E-state index contributed by atoms with van der Waals surface area (Å²) in [6.07, 6.45) is 0. The van der Waals surface area contributed by atoms with E-state index < -0.39 is 16.8 Å². The number of anilines is 1. The number of non-ortho nitro benzene ring substituents is 1. The monoisotopic (exact) mass is 366 g/mol. The molecule has 0 aliphatic rings. The molecule has 2 aromatic carbocycles. The summed E-state index contributed by atoms with van der Waals surface area (Å²) in [7, 11) is 1.25. The van der Waals surface area contributed by atoms with Crippen molar-refractivity contribution in [3.63, 3.8) is 0 Å². The third-order valence-corrected chi connectivity index (χ3v) is 3.75. The van der Waals surface area contributed by atoms with E-state index in [-0.39, 0.29) is 22.7 Å². The zero-order chi connectivity index (χ0) is 19.4. The van der Waals surface area contributed by atoms with Gasteiger partial charge in [-0.1, -0.05) is 24.3 Å². The fraction of sp³-hybridized carbons (Fsp3) is 0.0526. The Kier molecular flexibility index (Phi) is 4.98. The summed E-state index contributed by atoms with van der Waals surface area (Å²) >= 11 is 0. The average Bonchev–Trinajstić information content (AvgIpc) is 3.18. The number of benzene rings is 2. The second-order valence-electron chi connectivity index (χ2n) is 5.46. The molecule has 1 aromatic heterocycles. The summed E-state index contributed by atoms with van der Waals surface area (Å²) in [5.74, 6) is -0.841. The number of hydrogen-bond donors (Lipinski definition) is 1. The maximum atomic E-state index is 12.4. The van der Waals surface area contributed by atoms with Gasteiger partial charge >= 0.3 is 5.97 Å². The summed E-state index contributed by atoms with van der Waals surface area (Å²) in [4.78, 5) is 34.6. The van der Waals surface area contributed by atoms with Crippen molar-refractivity contribution in [2.24, 2.45) is 0 Å². The minimum atomic E-state index is -0.581. The number of furan rings is 1. The van der Waals surface area contributed by atoms with Gasteiger partial charge in [0.05, 0.1) is 23.3 Å². The van der Waals surface area contributed by atoms with Gasteiger partial charge in [-0.15, -0.1) is 0 Å². The standard InChI is InChI=1S/C19H14N2O6/c1-26-19(23)14-7-2-3-8-15(14)20-18(22)17-10-9-16(27-17)12-5-4-6-13(11-12)21(24)25/h2-11H,1H3,(H,20,22). The molecule has 3 aromatic rings. The number of nitrogens with one attached hydrogen (secondary N) is 1. The van der Waals surface area contributed by atoms with Crippen LogP contribution in [-0.4, -0.2) is 23.9 Å². The summed E-state index contributed by atoms with van der Waals surface area (Å²) in [5.41, 5.74) is 0.876. The minimum absolute atomic E-state index is 0.00354. The molecule has 0 fully saturated rings. The number of carbonyl (C=O) groups is 2. The highest BCUT2D eigenvalue weighted by Crippen LogP contribution is 2.26. The minimum Gasteiger partial charge on any atom is -0.465 e. The first kappa shape index (κ1) is 17.9. The first-order valence-corrected chi connectivity index (χ1v) is 7.83. The van der Waals surface area contributed by atoms with Gasteiger partial charge in [0.15, 0.2) is 5.76 Å². The first-order valence-electron chi connectivity index (χ1n) is 7.83. The van der Waals surface area contributed by atoms with Crippen LogP contribution in [0.4, 0.5) is 11.4 Å². The molecule has 3 rings (SSSR count). The molecular weight excluding hydrogens is 352 g/mol. The van der Waals surface area contributed by atoms with Crippen LogP contribution in [0.15, 0.2) is 65.1 Å². The number of nitrogens with zero attached hydrogens (tertiary/aromatic N) is 1. The van der Waals surface area contributed by atoms with Crippen molar-refractivity contribution < 1.29 is 23.7 Å². The Hall–Kier alpha value is -3.94. The van der Waals surface area contributed by atoms with Gasteiger partial charge in [0.25, 0.3) is 11.6 Å². The van der Waals surface area contributed by atoms with Crippen LogP contribution >= 0.6 is 0 Å². The largest absolute Gasteiger partial charge is 0.465 e. The summed E-state index contributed by atoms with van der Waals surface area (Å²) in [5, 5.41) is 13.5. The highest BCUT2D eigenvalue weighted by molar-refractivity contribution is 6.06. The molecule has 0 spiro atoms. The molecule has 0 unspecified atom stereocenters. The quantitative estimate of drug-likeness (QED) is 0.416. The van der Waals surface area contributed by atoms with Gasteiger partial charge < -0.3 is 14.5 Å². The number of methoxy groups -OCH3 is 1. The molecular formula is C19H14N2O6. The molecule has 0 radical (unpaired) electrons. The second-order valence-corrected chi connectivity index (χ2v) is 5.46. The van der Waals surface area contributed by atoms with Gasteiger partial charge in [0.2, 0.25) is 0 Å². The molecule has 1 N–H and O–H groups in total. The molecule has 8 nitrogen and oxygen atoms in total. The lowest BCUT2D eigenvalue weighted by Crippen LogP contribution is -2.14. The third-order valence-electron chi connectivity index (χ3n) is 3.75. The van der Waals surface area contributed by atoms with Crippen molar-refractivity contribution in [3.05, 3.63) is 82.1 Å². The highest BCUT2D eigenvalue weighted by Gasteiger charge is 2.17. The lowest BCUT2D eigenvalue weighted by molar-refractivity contribution is -0.384. The number of nitro benzene ring substituents is 1. The fourth-order valence-corrected chi connectivity index (χ4v) is 2.45. The molecule has 0 atom stereocenters. The number of para-hydroxylation sites is 1. The van der Waals surface area contributed by atoms with E-state index >= 15 is 0 Å². The summed E-state index contributed by atoms with van der Waals surface area (Å²) in [6, 6.07) is 15.3. The topological polar surface area (TPSA) is 112 Å². The number of nitro groups is 1. The van der Waals surface area contributed by atoms with Gasteiger partial charge in [0, 0.05) is 17.7 Å². The van der Waals surface area contributed by atoms with Crippen molar-refractivity contribution in [2.75, 3.05) is 12.4 Å². The van der Waals surface area contributed by atoms with Gasteiger partial charge in [-0.2, -0.15) is 0 Å². The molecule has 0 aliphatic heterocycles. The SMILES string of the molecule is COC(=O)c1ccccc1NC(=O)c1ccc(-c2cccc([N+](=O)[O-])c2)o1. The second kappa shape index (κ2) is 7.52. The summed E-state index contributed by atoms with van der Waals surface area (Å²) < 4.78 is 10.2. The van der Waals surface area contributed by atoms with E-state index in [0.717, 1.165) is 0 Å². The Balaban J connectivity index is 1.83.